The molecule has 4 nitrogen and oxygen atoms in total. The number of rotatable bonds is 4. The SMILES string of the molecule is CSCc1ccc(C(=O)Nc2cc3c(cc2Br)OCCO3)cc1. The van der Waals surface area contributed by atoms with E-state index < -0.39 is 0 Å². The second-order valence-corrected chi connectivity index (χ2v) is 6.78. The number of halogens is 1. The molecule has 0 saturated carbocycles. The van der Waals surface area contributed by atoms with Gasteiger partial charge in [0.2, 0.25) is 0 Å². The molecule has 0 unspecified atom stereocenters. The summed E-state index contributed by atoms with van der Waals surface area (Å²) in [6.07, 6.45) is 2.06. The molecule has 1 heterocycles. The largest absolute Gasteiger partial charge is 0.486 e. The van der Waals surface area contributed by atoms with E-state index in [1.165, 1.54) is 5.56 Å². The Hall–Kier alpha value is -1.66. The first-order chi connectivity index (χ1) is 11.2. The Morgan fingerprint density at radius 3 is 2.48 bits per heavy atom. The number of hydrogen-bond acceptors (Lipinski definition) is 4. The molecule has 0 aliphatic carbocycles. The molecule has 1 aliphatic heterocycles. The number of anilines is 1. The number of benzene rings is 2. The molecule has 1 amide bonds. The van der Waals surface area contributed by atoms with Crippen LogP contribution in [0.1, 0.15) is 15.9 Å². The van der Waals surface area contributed by atoms with Crippen LogP contribution in [0, 0.1) is 0 Å². The number of nitrogens with one attached hydrogen (secondary N) is 1. The van der Waals surface area contributed by atoms with Gasteiger partial charge in [0, 0.05) is 27.9 Å². The Bertz CT molecular complexity index is 719. The first kappa shape index (κ1) is 16.2. The molecule has 3 rings (SSSR count). The summed E-state index contributed by atoms with van der Waals surface area (Å²) in [5.74, 6) is 2.11. The van der Waals surface area contributed by atoms with E-state index >= 15 is 0 Å². The van der Waals surface area contributed by atoms with E-state index in [0.29, 0.717) is 36.0 Å². The summed E-state index contributed by atoms with van der Waals surface area (Å²) in [5, 5.41) is 2.90. The van der Waals surface area contributed by atoms with Crippen LogP contribution in [-0.4, -0.2) is 25.4 Å². The lowest BCUT2D eigenvalue weighted by molar-refractivity contribution is 0.102. The van der Waals surface area contributed by atoms with Gasteiger partial charge in [0.05, 0.1) is 5.69 Å². The molecule has 0 radical (unpaired) electrons. The van der Waals surface area contributed by atoms with Crippen molar-refractivity contribution < 1.29 is 14.3 Å². The highest BCUT2D eigenvalue weighted by molar-refractivity contribution is 9.10. The van der Waals surface area contributed by atoms with Gasteiger partial charge in [-0.1, -0.05) is 12.1 Å². The van der Waals surface area contributed by atoms with E-state index in [-0.39, 0.29) is 5.91 Å². The lowest BCUT2D eigenvalue weighted by atomic mass is 10.1. The van der Waals surface area contributed by atoms with Gasteiger partial charge >= 0.3 is 0 Å². The Labute approximate surface area is 147 Å². The molecule has 6 heteroatoms. The molecule has 0 aromatic heterocycles. The lowest BCUT2D eigenvalue weighted by Crippen LogP contribution is -2.17. The minimum Gasteiger partial charge on any atom is -0.486 e. The van der Waals surface area contributed by atoms with Gasteiger partial charge in [-0.25, -0.2) is 0 Å². The average Bonchev–Trinajstić information content (AvgIpc) is 2.56. The minimum atomic E-state index is -0.155. The van der Waals surface area contributed by atoms with E-state index in [1.807, 2.05) is 30.3 Å². The van der Waals surface area contributed by atoms with Crippen molar-refractivity contribution in [1.29, 1.82) is 0 Å². The predicted molar refractivity (Wildman–Crippen MR) is 96.7 cm³/mol. The molecule has 23 heavy (non-hydrogen) atoms. The number of thioether (sulfide) groups is 1. The molecule has 0 saturated heterocycles. The van der Waals surface area contributed by atoms with Crippen molar-refractivity contribution in [1.82, 2.24) is 0 Å². The van der Waals surface area contributed by atoms with Gasteiger partial charge < -0.3 is 14.8 Å². The lowest BCUT2D eigenvalue weighted by Gasteiger charge is -2.20. The first-order valence-electron chi connectivity index (χ1n) is 7.16. The van der Waals surface area contributed by atoms with E-state index in [1.54, 1.807) is 17.8 Å². The standard InChI is InChI=1S/C17H16BrNO3S/c1-23-10-11-2-4-12(5-3-11)17(20)19-14-9-16-15(8-13(14)18)21-6-7-22-16/h2-5,8-9H,6-7,10H2,1H3,(H,19,20). The second-order valence-electron chi connectivity index (χ2n) is 5.06. The number of carbonyl (C=O) groups is 1. The van der Waals surface area contributed by atoms with Gasteiger partial charge in [0.25, 0.3) is 5.91 Å². The third-order valence-electron chi connectivity index (χ3n) is 3.41. The molecule has 0 atom stereocenters. The number of fused-ring (bicyclic) bond motifs is 1. The Kier molecular flexibility index (Phi) is 5.13. The van der Waals surface area contributed by atoms with Crippen LogP contribution >= 0.6 is 27.7 Å². The van der Waals surface area contributed by atoms with Crippen molar-refractivity contribution in [2.24, 2.45) is 0 Å². The zero-order valence-corrected chi connectivity index (χ0v) is 15.0. The molecule has 0 spiro atoms. The van der Waals surface area contributed by atoms with Crippen molar-refractivity contribution in [2.75, 3.05) is 24.8 Å². The zero-order valence-electron chi connectivity index (χ0n) is 12.6. The predicted octanol–water partition coefficient (Wildman–Crippen LogP) is 4.34. The molecule has 2 aromatic carbocycles. The van der Waals surface area contributed by atoms with Gasteiger partial charge in [-0.2, -0.15) is 11.8 Å². The quantitative estimate of drug-likeness (QED) is 0.839. The summed E-state index contributed by atoms with van der Waals surface area (Å²) in [4.78, 5) is 12.4. The Morgan fingerprint density at radius 2 is 1.83 bits per heavy atom. The summed E-state index contributed by atoms with van der Waals surface area (Å²) in [7, 11) is 0. The van der Waals surface area contributed by atoms with Gasteiger partial charge in [0.1, 0.15) is 13.2 Å². The maximum absolute atomic E-state index is 12.4. The van der Waals surface area contributed by atoms with Crippen LogP contribution in [0.15, 0.2) is 40.9 Å². The highest BCUT2D eigenvalue weighted by Crippen LogP contribution is 2.38. The minimum absolute atomic E-state index is 0.155. The van der Waals surface area contributed by atoms with E-state index in [4.69, 9.17) is 9.47 Å². The fourth-order valence-electron chi connectivity index (χ4n) is 2.27. The van der Waals surface area contributed by atoms with E-state index in [0.717, 1.165) is 10.2 Å². The zero-order chi connectivity index (χ0) is 16.2. The second kappa shape index (κ2) is 7.27. The van der Waals surface area contributed by atoms with Gasteiger partial charge in [-0.05, 0) is 39.9 Å². The maximum Gasteiger partial charge on any atom is 0.255 e. The molecule has 2 aromatic rings. The summed E-state index contributed by atoms with van der Waals surface area (Å²) in [6.45, 7) is 1.05. The summed E-state index contributed by atoms with van der Waals surface area (Å²) >= 11 is 5.21. The molecular weight excluding hydrogens is 378 g/mol. The van der Waals surface area contributed by atoms with Crippen LogP contribution < -0.4 is 14.8 Å². The van der Waals surface area contributed by atoms with Crippen LogP contribution in [0.2, 0.25) is 0 Å². The van der Waals surface area contributed by atoms with Crippen molar-refractivity contribution in [2.45, 2.75) is 5.75 Å². The monoisotopic (exact) mass is 393 g/mol. The first-order valence-corrected chi connectivity index (χ1v) is 9.34. The number of ether oxygens (including phenoxy) is 2. The van der Waals surface area contributed by atoms with E-state index in [2.05, 4.69) is 27.5 Å². The molecule has 1 aliphatic rings. The number of hydrogen-bond donors (Lipinski definition) is 1. The molecule has 0 bridgehead atoms. The maximum atomic E-state index is 12.4. The Balaban J connectivity index is 1.77. The highest BCUT2D eigenvalue weighted by atomic mass is 79.9. The van der Waals surface area contributed by atoms with Gasteiger partial charge in [0.15, 0.2) is 11.5 Å². The highest BCUT2D eigenvalue weighted by Gasteiger charge is 2.16. The van der Waals surface area contributed by atoms with Crippen LogP contribution in [-0.2, 0) is 5.75 Å². The van der Waals surface area contributed by atoms with E-state index in [9.17, 15) is 4.79 Å². The van der Waals surface area contributed by atoms with Crippen LogP contribution in [0.5, 0.6) is 11.5 Å². The molecule has 1 N–H and O–H groups in total. The normalized spacial score (nSPS) is 12.8. The van der Waals surface area contributed by atoms with Crippen LogP contribution in [0.25, 0.3) is 0 Å². The molecule has 120 valence electrons. The van der Waals surface area contributed by atoms with Crippen molar-refractivity contribution in [3.05, 3.63) is 52.0 Å². The number of carbonyl (C=O) groups excluding carboxylic acids is 1. The summed E-state index contributed by atoms with van der Waals surface area (Å²) < 4.78 is 11.8. The fraction of sp³-hybridized carbons (Fsp3) is 0.235. The average molecular weight is 394 g/mol. The van der Waals surface area contributed by atoms with Crippen molar-refractivity contribution >= 4 is 39.3 Å². The topological polar surface area (TPSA) is 47.6 Å². The number of amides is 1. The third-order valence-corrected chi connectivity index (χ3v) is 4.69. The smallest absolute Gasteiger partial charge is 0.255 e. The Morgan fingerprint density at radius 1 is 1.17 bits per heavy atom. The molecular formula is C17H16BrNO3S. The summed E-state index contributed by atoms with van der Waals surface area (Å²) in [5.41, 5.74) is 2.48. The fourth-order valence-corrected chi connectivity index (χ4v) is 3.22. The van der Waals surface area contributed by atoms with Gasteiger partial charge in [-0.3, -0.25) is 4.79 Å². The van der Waals surface area contributed by atoms with Crippen molar-refractivity contribution in [3.63, 3.8) is 0 Å². The van der Waals surface area contributed by atoms with Crippen LogP contribution in [0.3, 0.4) is 0 Å². The summed E-state index contributed by atoms with van der Waals surface area (Å²) in [6, 6.07) is 11.2. The van der Waals surface area contributed by atoms with Crippen molar-refractivity contribution in [3.8, 4) is 11.5 Å². The molecule has 0 fully saturated rings. The van der Waals surface area contributed by atoms with Crippen LogP contribution in [0.4, 0.5) is 5.69 Å². The third kappa shape index (κ3) is 3.82. The van der Waals surface area contributed by atoms with Gasteiger partial charge in [-0.15, -0.1) is 0 Å².